The maximum atomic E-state index is 11.4. The van der Waals surface area contributed by atoms with Gasteiger partial charge in [0.15, 0.2) is 0 Å². The number of nitrogens with two attached hydrogens (primary N) is 1. The molecule has 0 saturated carbocycles. The first kappa shape index (κ1) is 14.2. The van der Waals surface area contributed by atoms with E-state index in [0.717, 1.165) is 11.3 Å². The highest BCUT2D eigenvalue weighted by atomic mass is 32.1. The van der Waals surface area contributed by atoms with E-state index in [-0.39, 0.29) is 4.88 Å². The van der Waals surface area contributed by atoms with Gasteiger partial charge < -0.3 is 16.2 Å². The fraction of sp³-hybridized carbons (Fsp3) is 0.333. The smallest absolute Gasteiger partial charge is 0.346 e. The predicted octanol–water partition coefficient (Wildman–Crippen LogP) is 1.37. The van der Waals surface area contributed by atoms with Gasteiger partial charge in [-0.15, -0.1) is 11.3 Å². The molecule has 0 aliphatic carbocycles. The molecule has 2 rings (SSSR count). The van der Waals surface area contributed by atoms with Gasteiger partial charge in [0.05, 0.1) is 5.39 Å². The van der Waals surface area contributed by atoms with Crippen LogP contribution in [0.2, 0.25) is 0 Å². The number of carboxylic acid groups (broad SMARTS) is 1. The fourth-order valence-electron chi connectivity index (χ4n) is 1.73. The molecule has 2 aromatic rings. The zero-order valence-electron chi connectivity index (χ0n) is 11.2. The molecule has 0 atom stereocenters. The van der Waals surface area contributed by atoms with Gasteiger partial charge in [-0.2, -0.15) is 0 Å². The first-order valence-corrected chi connectivity index (χ1v) is 6.61. The minimum atomic E-state index is -1.01. The van der Waals surface area contributed by atoms with Crippen LogP contribution in [-0.2, 0) is 4.79 Å². The summed E-state index contributed by atoms with van der Waals surface area (Å²) in [6, 6.07) is 0. The van der Waals surface area contributed by atoms with Crippen molar-refractivity contribution in [2.24, 2.45) is 5.73 Å². The van der Waals surface area contributed by atoms with Crippen molar-refractivity contribution in [3.63, 3.8) is 0 Å². The van der Waals surface area contributed by atoms with E-state index in [1.165, 1.54) is 6.33 Å². The Hall–Kier alpha value is -2.22. The molecular formula is C12H14N4O3S. The third kappa shape index (κ3) is 2.29. The molecule has 4 N–H and O–H groups in total. The van der Waals surface area contributed by atoms with E-state index < -0.39 is 17.4 Å². The molecule has 0 saturated heterocycles. The van der Waals surface area contributed by atoms with Gasteiger partial charge in [0.2, 0.25) is 5.91 Å². The summed E-state index contributed by atoms with van der Waals surface area (Å²) in [4.78, 5) is 31.5. The van der Waals surface area contributed by atoms with E-state index in [0.29, 0.717) is 21.6 Å². The number of carboxylic acids is 1. The average molecular weight is 294 g/mol. The van der Waals surface area contributed by atoms with E-state index in [1.54, 1.807) is 20.8 Å². The van der Waals surface area contributed by atoms with Crippen LogP contribution in [0.3, 0.4) is 0 Å². The summed E-state index contributed by atoms with van der Waals surface area (Å²) in [7, 11) is 0. The average Bonchev–Trinajstić information content (AvgIpc) is 2.67. The van der Waals surface area contributed by atoms with Crippen LogP contribution in [0.4, 0.5) is 5.82 Å². The van der Waals surface area contributed by atoms with Crippen molar-refractivity contribution in [1.82, 2.24) is 9.97 Å². The summed E-state index contributed by atoms with van der Waals surface area (Å²) in [6.45, 7) is 4.94. The third-order valence-electron chi connectivity index (χ3n) is 2.97. The van der Waals surface area contributed by atoms with Gasteiger partial charge in [0, 0.05) is 0 Å². The molecule has 0 unspecified atom stereocenters. The van der Waals surface area contributed by atoms with Crippen molar-refractivity contribution in [3.05, 3.63) is 16.8 Å². The molecule has 106 valence electrons. The van der Waals surface area contributed by atoms with Gasteiger partial charge in [0.25, 0.3) is 0 Å². The Morgan fingerprint density at radius 2 is 2.05 bits per heavy atom. The number of hydrogen-bond acceptors (Lipinski definition) is 6. The lowest BCUT2D eigenvalue weighted by Gasteiger charge is -2.23. The SMILES string of the molecule is Cc1c(C(=O)O)sc2ncnc(NC(C)(C)C(N)=O)c12. The van der Waals surface area contributed by atoms with Gasteiger partial charge in [0.1, 0.15) is 27.4 Å². The highest BCUT2D eigenvalue weighted by Gasteiger charge is 2.27. The maximum absolute atomic E-state index is 11.4. The highest BCUT2D eigenvalue weighted by Crippen LogP contribution is 2.34. The molecule has 1 amide bonds. The molecule has 20 heavy (non-hydrogen) atoms. The molecule has 0 spiro atoms. The number of hydrogen-bond donors (Lipinski definition) is 3. The molecule has 0 bridgehead atoms. The number of aromatic nitrogens is 2. The molecule has 0 aromatic carbocycles. The zero-order valence-corrected chi connectivity index (χ0v) is 12.0. The molecule has 0 fully saturated rings. The molecular weight excluding hydrogens is 280 g/mol. The largest absolute Gasteiger partial charge is 0.477 e. The standard InChI is InChI=1S/C12H14N4O3S/c1-5-6-8(16-12(2,3)11(13)19)14-4-15-9(6)20-7(5)10(17)18/h4H,1-3H3,(H2,13,19)(H,17,18)(H,14,15,16). The second-order valence-electron chi connectivity index (χ2n) is 4.88. The summed E-state index contributed by atoms with van der Waals surface area (Å²) in [6.07, 6.45) is 1.32. The minimum absolute atomic E-state index is 0.209. The summed E-state index contributed by atoms with van der Waals surface area (Å²) in [5.74, 6) is -1.14. The van der Waals surface area contributed by atoms with Crippen molar-refractivity contribution in [3.8, 4) is 0 Å². The Morgan fingerprint density at radius 3 is 2.60 bits per heavy atom. The van der Waals surface area contributed by atoms with Gasteiger partial charge in [-0.25, -0.2) is 14.8 Å². The van der Waals surface area contributed by atoms with Crippen molar-refractivity contribution in [1.29, 1.82) is 0 Å². The van der Waals surface area contributed by atoms with Crippen LogP contribution >= 0.6 is 11.3 Å². The number of carbonyl (C=O) groups excluding carboxylic acids is 1. The van der Waals surface area contributed by atoms with E-state index in [4.69, 9.17) is 10.8 Å². The van der Waals surface area contributed by atoms with Gasteiger partial charge >= 0.3 is 5.97 Å². The lowest BCUT2D eigenvalue weighted by molar-refractivity contribution is -0.121. The van der Waals surface area contributed by atoms with Gasteiger partial charge in [-0.05, 0) is 26.3 Å². The summed E-state index contributed by atoms with van der Waals surface area (Å²) in [5, 5.41) is 12.7. The molecule has 0 radical (unpaired) electrons. The molecule has 2 heterocycles. The van der Waals surface area contributed by atoms with Crippen molar-refractivity contribution >= 4 is 39.2 Å². The van der Waals surface area contributed by atoms with Crippen LogP contribution in [-0.4, -0.2) is 32.5 Å². The Morgan fingerprint density at radius 1 is 1.40 bits per heavy atom. The predicted molar refractivity (Wildman–Crippen MR) is 76.0 cm³/mol. The number of carbonyl (C=O) groups is 2. The van der Waals surface area contributed by atoms with Crippen molar-refractivity contribution in [2.75, 3.05) is 5.32 Å². The van der Waals surface area contributed by atoms with E-state index in [1.807, 2.05) is 0 Å². The number of aromatic carboxylic acids is 1. The number of nitrogens with one attached hydrogen (secondary N) is 1. The van der Waals surface area contributed by atoms with Crippen LogP contribution < -0.4 is 11.1 Å². The van der Waals surface area contributed by atoms with Crippen LogP contribution in [0, 0.1) is 6.92 Å². The van der Waals surface area contributed by atoms with Crippen LogP contribution in [0.1, 0.15) is 29.1 Å². The number of nitrogens with zero attached hydrogens (tertiary/aromatic N) is 2. The highest BCUT2D eigenvalue weighted by molar-refractivity contribution is 7.20. The van der Waals surface area contributed by atoms with Crippen molar-refractivity contribution < 1.29 is 14.7 Å². The van der Waals surface area contributed by atoms with E-state index in [2.05, 4.69) is 15.3 Å². The normalized spacial score (nSPS) is 11.6. The zero-order chi connectivity index (χ0) is 15.1. The Kier molecular flexibility index (Phi) is 3.34. The van der Waals surface area contributed by atoms with Gasteiger partial charge in [-0.1, -0.05) is 0 Å². The first-order chi connectivity index (χ1) is 9.24. The topological polar surface area (TPSA) is 118 Å². The number of fused-ring (bicyclic) bond motifs is 1. The third-order valence-corrected chi connectivity index (χ3v) is 4.16. The molecule has 0 aliphatic heterocycles. The van der Waals surface area contributed by atoms with Crippen LogP contribution in [0.25, 0.3) is 10.2 Å². The number of anilines is 1. The lowest BCUT2D eigenvalue weighted by atomic mass is 10.0. The van der Waals surface area contributed by atoms with E-state index in [9.17, 15) is 9.59 Å². The molecule has 0 aliphatic rings. The van der Waals surface area contributed by atoms with Gasteiger partial charge in [-0.3, -0.25) is 4.79 Å². The minimum Gasteiger partial charge on any atom is -0.477 e. The first-order valence-electron chi connectivity index (χ1n) is 5.79. The Balaban J connectivity index is 2.60. The number of aryl methyl sites for hydroxylation is 1. The number of thiophene rings is 1. The van der Waals surface area contributed by atoms with Crippen LogP contribution in [0.5, 0.6) is 0 Å². The molecule has 7 nitrogen and oxygen atoms in total. The Bertz CT molecular complexity index is 708. The molecule has 8 heteroatoms. The van der Waals surface area contributed by atoms with Crippen molar-refractivity contribution in [2.45, 2.75) is 26.3 Å². The van der Waals surface area contributed by atoms with E-state index >= 15 is 0 Å². The fourth-order valence-corrected chi connectivity index (χ4v) is 2.72. The summed E-state index contributed by atoms with van der Waals surface area (Å²) in [5.41, 5.74) is 4.89. The number of rotatable bonds is 4. The number of primary amides is 1. The molecule has 2 aromatic heterocycles. The maximum Gasteiger partial charge on any atom is 0.346 e. The summed E-state index contributed by atoms with van der Waals surface area (Å²) < 4.78 is 0. The lowest BCUT2D eigenvalue weighted by Crippen LogP contribution is -2.45. The Labute approximate surface area is 118 Å². The monoisotopic (exact) mass is 294 g/mol. The quantitative estimate of drug-likeness (QED) is 0.783. The number of amides is 1. The second-order valence-corrected chi connectivity index (χ2v) is 5.88. The summed E-state index contributed by atoms with van der Waals surface area (Å²) >= 11 is 1.07. The second kappa shape index (κ2) is 4.71. The van der Waals surface area contributed by atoms with Crippen LogP contribution in [0.15, 0.2) is 6.33 Å².